The maximum atomic E-state index is 13.3. The summed E-state index contributed by atoms with van der Waals surface area (Å²) in [7, 11) is 0. The van der Waals surface area contributed by atoms with Gasteiger partial charge in [-0.15, -0.1) is 24.8 Å². The van der Waals surface area contributed by atoms with Crippen molar-refractivity contribution in [3.63, 3.8) is 0 Å². The molecule has 2 aliphatic heterocycles. The van der Waals surface area contributed by atoms with Gasteiger partial charge in [0.25, 0.3) is 5.91 Å². The van der Waals surface area contributed by atoms with Crippen molar-refractivity contribution in [3.8, 4) is 0 Å². The third-order valence-corrected chi connectivity index (χ3v) is 5.37. The van der Waals surface area contributed by atoms with E-state index in [1.54, 1.807) is 0 Å². The number of nitrogens with one attached hydrogen (secondary N) is 1. The van der Waals surface area contributed by atoms with Gasteiger partial charge in [-0.1, -0.05) is 32.0 Å². The normalized spacial score (nSPS) is 21.9. The summed E-state index contributed by atoms with van der Waals surface area (Å²) in [6.45, 7) is 5.92. The van der Waals surface area contributed by atoms with Crippen LogP contribution in [0.4, 0.5) is 0 Å². The summed E-state index contributed by atoms with van der Waals surface area (Å²) in [4.78, 5) is 20.1. The Balaban J connectivity index is 0.00000121. The van der Waals surface area contributed by atoms with E-state index in [0.29, 0.717) is 18.0 Å². The number of carbonyl (C=O) groups is 1. The maximum Gasteiger partial charge on any atom is 0.254 e. The number of rotatable bonds is 2. The molecular formula is C20H27Cl2N3O. The smallest absolute Gasteiger partial charge is 0.254 e. The molecule has 3 heterocycles. The van der Waals surface area contributed by atoms with Gasteiger partial charge < -0.3 is 10.2 Å². The highest BCUT2D eigenvalue weighted by molar-refractivity contribution is 6.06. The summed E-state index contributed by atoms with van der Waals surface area (Å²) in [5.74, 6) is 0.466. The summed E-state index contributed by atoms with van der Waals surface area (Å²) >= 11 is 0. The lowest BCUT2D eigenvalue weighted by molar-refractivity contribution is 0.0750. The largest absolute Gasteiger partial charge is 0.337 e. The number of halogens is 2. The molecule has 0 aliphatic carbocycles. The Hall–Kier alpha value is -1.36. The molecule has 0 saturated carbocycles. The molecule has 2 saturated heterocycles. The van der Waals surface area contributed by atoms with E-state index < -0.39 is 0 Å². The number of pyridine rings is 1. The molecule has 1 amide bonds. The van der Waals surface area contributed by atoms with Crippen molar-refractivity contribution < 1.29 is 4.79 Å². The quantitative estimate of drug-likeness (QED) is 0.829. The fourth-order valence-electron chi connectivity index (χ4n) is 3.97. The van der Waals surface area contributed by atoms with Gasteiger partial charge in [-0.3, -0.25) is 9.78 Å². The van der Waals surface area contributed by atoms with Crippen LogP contribution >= 0.6 is 24.8 Å². The second-order valence-electron chi connectivity index (χ2n) is 7.44. The molecule has 4 rings (SSSR count). The molecule has 2 aromatic rings. The maximum absolute atomic E-state index is 13.3. The van der Waals surface area contributed by atoms with Crippen molar-refractivity contribution in [1.29, 1.82) is 0 Å². The number of hydrogen-bond donors (Lipinski definition) is 1. The molecule has 2 atom stereocenters. The summed E-state index contributed by atoms with van der Waals surface area (Å²) in [6.07, 6.45) is 3.49. The Bertz CT molecular complexity index is 781. The van der Waals surface area contributed by atoms with Gasteiger partial charge in [-0.2, -0.15) is 0 Å². The number of aromatic nitrogens is 1. The summed E-state index contributed by atoms with van der Waals surface area (Å²) in [6, 6.07) is 11.1. The minimum Gasteiger partial charge on any atom is -0.337 e. The lowest BCUT2D eigenvalue weighted by Crippen LogP contribution is -2.39. The standard InChI is InChI=1S/C20H25N3O.2ClH/c1-13(2)19-11-17(16-5-3-4-6-18(16)22-19)20(24)23-10-9-14-7-8-15(12-23)21-14;;/h3-6,11,13-15,21H,7-10,12H2,1-2H3;2*1H. The van der Waals surface area contributed by atoms with Crippen molar-refractivity contribution in [2.45, 2.75) is 51.1 Å². The van der Waals surface area contributed by atoms with E-state index in [9.17, 15) is 4.79 Å². The van der Waals surface area contributed by atoms with Gasteiger partial charge in [0.05, 0.1) is 11.1 Å². The van der Waals surface area contributed by atoms with E-state index in [1.807, 2.05) is 35.2 Å². The average molecular weight is 396 g/mol. The van der Waals surface area contributed by atoms with Crippen molar-refractivity contribution in [3.05, 3.63) is 41.6 Å². The van der Waals surface area contributed by atoms with Gasteiger partial charge in [0.1, 0.15) is 0 Å². The van der Waals surface area contributed by atoms with E-state index in [4.69, 9.17) is 4.98 Å². The number of nitrogens with zero attached hydrogens (tertiary/aromatic N) is 2. The Morgan fingerprint density at radius 2 is 1.88 bits per heavy atom. The third kappa shape index (κ3) is 3.98. The fraction of sp³-hybridized carbons (Fsp3) is 0.500. The first kappa shape index (κ1) is 20.9. The first-order valence-electron chi connectivity index (χ1n) is 9.07. The van der Waals surface area contributed by atoms with Crippen LogP contribution in [0.25, 0.3) is 10.9 Å². The zero-order chi connectivity index (χ0) is 16.7. The van der Waals surface area contributed by atoms with Crippen LogP contribution in [0.5, 0.6) is 0 Å². The number of benzene rings is 1. The number of hydrogen-bond acceptors (Lipinski definition) is 3. The highest BCUT2D eigenvalue weighted by Crippen LogP contribution is 2.26. The highest BCUT2D eigenvalue weighted by atomic mass is 35.5. The van der Waals surface area contributed by atoms with E-state index in [1.165, 1.54) is 12.8 Å². The average Bonchev–Trinajstić information content (AvgIpc) is 2.92. The topological polar surface area (TPSA) is 45.2 Å². The molecule has 0 radical (unpaired) electrons. The van der Waals surface area contributed by atoms with Crippen molar-refractivity contribution in [1.82, 2.24) is 15.2 Å². The van der Waals surface area contributed by atoms with E-state index in [0.717, 1.165) is 41.7 Å². The highest BCUT2D eigenvalue weighted by Gasteiger charge is 2.32. The monoisotopic (exact) mass is 395 g/mol. The first-order valence-corrected chi connectivity index (χ1v) is 9.07. The van der Waals surface area contributed by atoms with Gasteiger partial charge in [-0.05, 0) is 37.3 Å². The lowest BCUT2D eigenvalue weighted by Gasteiger charge is -2.25. The number of amides is 1. The number of carbonyl (C=O) groups excluding carboxylic acids is 1. The van der Waals surface area contributed by atoms with Crippen LogP contribution in [0.1, 0.15) is 55.1 Å². The van der Waals surface area contributed by atoms with Crippen molar-refractivity contribution in [2.75, 3.05) is 13.1 Å². The molecule has 1 aromatic carbocycles. The van der Waals surface area contributed by atoms with Crippen LogP contribution in [0, 0.1) is 0 Å². The van der Waals surface area contributed by atoms with Crippen molar-refractivity contribution >= 4 is 41.6 Å². The van der Waals surface area contributed by atoms with Crippen LogP contribution in [0.3, 0.4) is 0 Å². The second kappa shape index (κ2) is 8.55. The van der Waals surface area contributed by atoms with Crippen LogP contribution in [-0.2, 0) is 0 Å². The molecule has 2 aliphatic rings. The summed E-state index contributed by atoms with van der Waals surface area (Å²) < 4.78 is 0. The van der Waals surface area contributed by atoms with Crippen LogP contribution < -0.4 is 5.32 Å². The van der Waals surface area contributed by atoms with E-state index >= 15 is 0 Å². The number of likely N-dealkylation sites (tertiary alicyclic amines) is 1. The minimum atomic E-state index is 0. The van der Waals surface area contributed by atoms with Gasteiger partial charge in [0, 0.05) is 36.3 Å². The van der Waals surface area contributed by atoms with Crippen molar-refractivity contribution in [2.24, 2.45) is 0 Å². The Labute approximate surface area is 167 Å². The number of fused-ring (bicyclic) bond motifs is 3. The van der Waals surface area contributed by atoms with E-state index in [-0.39, 0.29) is 30.7 Å². The molecule has 1 aromatic heterocycles. The molecule has 1 N–H and O–H groups in total. The van der Waals surface area contributed by atoms with Crippen LogP contribution in [0.15, 0.2) is 30.3 Å². The van der Waals surface area contributed by atoms with Gasteiger partial charge in [-0.25, -0.2) is 0 Å². The molecule has 2 unspecified atom stereocenters. The summed E-state index contributed by atoms with van der Waals surface area (Å²) in [5, 5.41) is 4.62. The van der Waals surface area contributed by atoms with Crippen LogP contribution in [-0.4, -0.2) is 41.0 Å². The molecule has 2 fully saturated rings. The Morgan fingerprint density at radius 3 is 2.65 bits per heavy atom. The Kier molecular flexibility index (Phi) is 6.89. The zero-order valence-corrected chi connectivity index (χ0v) is 16.9. The predicted octanol–water partition coefficient (Wildman–Crippen LogP) is 4.17. The molecular weight excluding hydrogens is 369 g/mol. The second-order valence-corrected chi connectivity index (χ2v) is 7.44. The Morgan fingerprint density at radius 1 is 1.15 bits per heavy atom. The minimum absolute atomic E-state index is 0. The lowest BCUT2D eigenvalue weighted by atomic mass is 10.0. The first-order chi connectivity index (χ1) is 11.6. The molecule has 142 valence electrons. The summed E-state index contributed by atoms with van der Waals surface area (Å²) in [5.41, 5.74) is 2.72. The molecule has 2 bridgehead atoms. The van der Waals surface area contributed by atoms with Gasteiger partial charge in [0.15, 0.2) is 0 Å². The molecule has 26 heavy (non-hydrogen) atoms. The molecule has 4 nitrogen and oxygen atoms in total. The predicted molar refractivity (Wildman–Crippen MR) is 111 cm³/mol. The molecule has 0 spiro atoms. The van der Waals surface area contributed by atoms with Gasteiger partial charge >= 0.3 is 0 Å². The number of para-hydroxylation sites is 1. The van der Waals surface area contributed by atoms with E-state index in [2.05, 4.69) is 19.2 Å². The SMILES string of the molecule is CC(C)c1cc(C(=O)N2CCC3CCC(C2)N3)c2ccccc2n1.Cl.Cl. The third-order valence-electron chi connectivity index (χ3n) is 5.37. The van der Waals surface area contributed by atoms with Crippen LogP contribution in [0.2, 0.25) is 0 Å². The fourth-order valence-corrected chi connectivity index (χ4v) is 3.97. The zero-order valence-electron chi connectivity index (χ0n) is 15.3. The molecule has 6 heteroatoms. The van der Waals surface area contributed by atoms with Gasteiger partial charge in [0.2, 0.25) is 0 Å².